The first-order chi connectivity index (χ1) is 13.9. The van der Waals surface area contributed by atoms with Crippen LogP contribution in [-0.4, -0.2) is 29.0 Å². The van der Waals surface area contributed by atoms with E-state index in [0.717, 1.165) is 53.0 Å². The van der Waals surface area contributed by atoms with Gasteiger partial charge in [-0.15, -0.1) is 0 Å². The summed E-state index contributed by atoms with van der Waals surface area (Å²) in [6.45, 7) is 9.35. The molecule has 0 saturated heterocycles. The highest BCUT2D eigenvalue weighted by atomic mass is 16.5. The molecule has 3 rings (SSSR count). The summed E-state index contributed by atoms with van der Waals surface area (Å²) in [5.74, 6) is 0.417. The summed E-state index contributed by atoms with van der Waals surface area (Å²) in [6, 6.07) is 4.03. The van der Waals surface area contributed by atoms with E-state index in [9.17, 15) is 4.79 Å². The molecule has 0 unspecified atom stereocenters. The van der Waals surface area contributed by atoms with E-state index in [4.69, 9.17) is 10.5 Å². The number of aryl methyl sites for hydroxylation is 1. The molecule has 1 aliphatic heterocycles. The molecule has 0 fully saturated rings. The summed E-state index contributed by atoms with van der Waals surface area (Å²) in [4.78, 5) is 15.0. The van der Waals surface area contributed by atoms with Crippen LogP contribution in [0, 0.1) is 0 Å². The minimum atomic E-state index is -0.490. The molecular weight excluding hydrogens is 364 g/mol. The second kappa shape index (κ2) is 10.2. The first-order valence-corrected chi connectivity index (χ1v) is 9.43. The summed E-state index contributed by atoms with van der Waals surface area (Å²) in [5, 5.41) is 4.19. The van der Waals surface area contributed by atoms with Crippen LogP contribution in [0.5, 0.6) is 5.75 Å². The minimum Gasteiger partial charge on any atom is -0.496 e. The van der Waals surface area contributed by atoms with Gasteiger partial charge in [0, 0.05) is 48.1 Å². The molecule has 6 heteroatoms. The van der Waals surface area contributed by atoms with Gasteiger partial charge in [0.25, 0.3) is 0 Å². The Bertz CT molecular complexity index is 967. The van der Waals surface area contributed by atoms with Crippen LogP contribution < -0.4 is 10.5 Å². The van der Waals surface area contributed by atoms with Gasteiger partial charge < -0.3 is 10.5 Å². The zero-order chi connectivity index (χ0) is 21.4. The molecule has 0 radical (unpaired) electrons. The number of ether oxygens (including phenoxy) is 1. The van der Waals surface area contributed by atoms with Crippen molar-refractivity contribution in [1.82, 2.24) is 9.78 Å². The van der Waals surface area contributed by atoms with E-state index in [1.165, 1.54) is 0 Å². The van der Waals surface area contributed by atoms with Crippen LogP contribution in [0.3, 0.4) is 0 Å². The Kier molecular flexibility index (Phi) is 7.71. The number of allylic oxidation sites excluding steroid dienone is 2. The number of nitrogens with zero attached hydrogens (tertiary/aromatic N) is 3. The number of fused-ring (bicyclic) bond motifs is 1. The van der Waals surface area contributed by atoms with E-state index < -0.39 is 5.91 Å². The molecule has 0 aliphatic carbocycles. The van der Waals surface area contributed by atoms with Crippen molar-refractivity contribution in [2.45, 2.75) is 26.2 Å². The normalized spacial score (nSPS) is 11.7. The number of aromatic nitrogens is 2. The first-order valence-electron chi connectivity index (χ1n) is 9.43. The average Bonchev–Trinajstić information content (AvgIpc) is 3.35. The molecule has 0 spiro atoms. The number of carbonyl (C=O) groups excluding carboxylic acids is 1. The highest BCUT2D eigenvalue weighted by Gasteiger charge is 2.18. The van der Waals surface area contributed by atoms with Crippen LogP contribution in [0.2, 0.25) is 0 Å². The van der Waals surface area contributed by atoms with Crippen LogP contribution in [0.1, 0.15) is 25.3 Å². The maximum absolute atomic E-state index is 10.5. The smallest absolute Gasteiger partial charge is 0.248 e. The molecule has 0 bridgehead atoms. The zero-order valence-corrected chi connectivity index (χ0v) is 17.3. The van der Waals surface area contributed by atoms with Crippen molar-refractivity contribution in [2.75, 3.05) is 7.11 Å². The van der Waals surface area contributed by atoms with E-state index in [0.29, 0.717) is 5.57 Å². The molecule has 1 aromatic carbocycles. The summed E-state index contributed by atoms with van der Waals surface area (Å²) in [6.07, 6.45) is 12.0. The lowest BCUT2D eigenvalue weighted by molar-refractivity contribution is -0.114. The fourth-order valence-corrected chi connectivity index (χ4v) is 2.88. The van der Waals surface area contributed by atoms with Gasteiger partial charge in [0.05, 0.1) is 19.0 Å². The molecule has 0 atom stereocenters. The number of methoxy groups -OCH3 is 1. The lowest BCUT2D eigenvalue weighted by atomic mass is 10.0. The van der Waals surface area contributed by atoms with Crippen molar-refractivity contribution < 1.29 is 9.53 Å². The number of hydrogen-bond acceptors (Lipinski definition) is 4. The lowest BCUT2D eigenvalue weighted by Crippen LogP contribution is -2.11. The third-order valence-electron chi connectivity index (χ3n) is 4.40. The number of aliphatic imine (C=N–C) groups is 1. The van der Waals surface area contributed by atoms with Crippen molar-refractivity contribution in [2.24, 2.45) is 17.8 Å². The van der Waals surface area contributed by atoms with Gasteiger partial charge in [-0.3, -0.25) is 14.5 Å². The number of amides is 1. The third-order valence-corrected chi connectivity index (χ3v) is 4.40. The van der Waals surface area contributed by atoms with Crippen LogP contribution >= 0.6 is 0 Å². The molecule has 2 aromatic rings. The topological polar surface area (TPSA) is 82.5 Å². The molecule has 1 aromatic heterocycles. The molecule has 0 saturated carbocycles. The van der Waals surface area contributed by atoms with Gasteiger partial charge in [0.15, 0.2) is 0 Å². The minimum absolute atomic E-state index is 0.312. The third kappa shape index (κ3) is 5.78. The largest absolute Gasteiger partial charge is 0.496 e. The summed E-state index contributed by atoms with van der Waals surface area (Å²) < 4.78 is 7.15. The van der Waals surface area contributed by atoms with Gasteiger partial charge in [-0.25, -0.2) is 0 Å². The Labute approximate surface area is 172 Å². The summed E-state index contributed by atoms with van der Waals surface area (Å²) >= 11 is 0. The van der Waals surface area contributed by atoms with E-state index >= 15 is 0 Å². The van der Waals surface area contributed by atoms with Crippen LogP contribution in [0.25, 0.3) is 11.1 Å². The van der Waals surface area contributed by atoms with Gasteiger partial charge in [0.1, 0.15) is 5.75 Å². The quantitative estimate of drug-likeness (QED) is 0.563. The standard InChI is InChI=1S/C13H13N3O.C10H15NO/c1-16-8-9(7-15-16)10-3-4-12(17-2)11-5-6-14-13(10)11;1-4-5-8(2)6-7-9(3)10(11)12/h3-4,6-8H,5H2,1-2H3;6-7H,2-5H2,1H3,(H2,11,12)/b;7-6-. The highest BCUT2D eigenvalue weighted by Crippen LogP contribution is 2.40. The number of nitrogens with two attached hydrogens (primary N) is 1. The lowest BCUT2D eigenvalue weighted by Gasteiger charge is -2.09. The zero-order valence-electron chi connectivity index (χ0n) is 17.3. The highest BCUT2D eigenvalue weighted by molar-refractivity contribution is 5.94. The average molecular weight is 393 g/mol. The number of rotatable bonds is 7. The SMILES string of the molecule is C=C(/C=C\C(=C)C(N)=O)CCC.COc1ccc(-c2cnn(C)c2)c2c1CC=N2. The number of benzene rings is 1. The van der Waals surface area contributed by atoms with Gasteiger partial charge in [0.2, 0.25) is 5.91 Å². The Balaban J connectivity index is 0.000000223. The fourth-order valence-electron chi connectivity index (χ4n) is 2.88. The van der Waals surface area contributed by atoms with Crippen LogP contribution in [-0.2, 0) is 18.3 Å². The van der Waals surface area contributed by atoms with Gasteiger partial charge in [-0.2, -0.15) is 5.10 Å². The molecule has 2 N–H and O–H groups in total. The van der Waals surface area contributed by atoms with Crippen LogP contribution in [0.15, 0.2) is 66.0 Å². The molecule has 6 nitrogen and oxygen atoms in total. The summed E-state index contributed by atoms with van der Waals surface area (Å²) in [7, 11) is 3.61. The molecule has 1 amide bonds. The van der Waals surface area contributed by atoms with E-state index in [1.807, 2.05) is 37.8 Å². The van der Waals surface area contributed by atoms with Crippen molar-refractivity contribution in [3.8, 4) is 16.9 Å². The Hall–Kier alpha value is -3.41. The van der Waals surface area contributed by atoms with Crippen molar-refractivity contribution in [1.29, 1.82) is 0 Å². The van der Waals surface area contributed by atoms with Crippen molar-refractivity contribution >= 4 is 17.8 Å². The maximum atomic E-state index is 10.5. The van der Waals surface area contributed by atoms with Crippen molar-refractivity contribution in [3.63, 3.8) is 0 Å². The molecule has 2 heterocycles. The molecular formula is C23H28N4O2. The van der Waals surface area contributed by atoms with Gasteiger partial charge >= 0.3 is 0 Å². The second-order valence-electron chi connectivity index (χ2n) is 6.69. The maximum Gasteiger partial charge on any atom is 0.248 e. The summed E-state index contributed by atoms with van der Waals surface area (Å²) in [5.41, 5.74) is 10.6. The predicted octanol–water partition coefficient (Wildman–Crippen LogP) is 4.29. The van der Waals surface area contributed by atoms with Crippen LogP contribution in [0.4, 0.5) is 5.69 Å². The van der Waals surface area contributed by atoms with E-state index in [-0.39, 0.29) is 0 Å². The van der Waals surface area contributed by atoms with Gasteiger partial charge in [-0.1, -0.05) is 38.2 Å². The Morgan fingerprint density at radius 1 is 1.34 bits per heavy atom. The Morgan fingerprint density at radius 2 is 2.10 bits per heavy atom. The first kappa shape index (κ1) is 21.9. The number of hydrogen-bond donors (Lipinski definition) is 1. The Morgan fingerprint density at radius 3 is 2.69 bits per heavy atom. The fraction of sp³-hybridized carbons (Fsp3) is 0.261. The molecule has 29 heavy (non-hydrogen) atoms. The monoisotopic (exact) mass is 392 g/mol. The van der Waals surface area contributed by atoms with Gasteiger partial charge in [-0.05, 0) is 24.6 Å². The molecule has 152 valence electrons. The van der Waals surface area contributed by atoms with E-state index in [1.54, 1.807) is 23.9 Å². The number of carbonyl (C=O) groups is 1. The van der Waals surface area contributed by atoms with Crippen molar-refractivity contribution in [3.05, 3.63) is 66.5 Å². The number of primary amides is 1. The van der Waals surface area contributed by atoms with E-state index in [2.05, 4.69) is 30.2 Å². The second-order valence-corrected chi connectivity index (χ2v) is 6.69. The predicted molar refractivity (Wildman–Crippen MR) is 119 cm³/mol. The molecule has 1 aliphatic rings.